The Hall–Kier alpha value is -1.92. The number of aryl methyl sites for hydroxylation is 1. The summed E-state index contributed by atoms with van der Waals surface area (Å²) in [6.45, 7) is 2.03. The number of nitrogens with one attached hydrogen (secondary N) is 2. The van der Waals surface area contributed by atoms with E-state index in [1.165, 1.54) is 12.1 Å². The lowest BCUT2D eigenvalue weighted by atomic mass is 10.3. The molecule has 2 aromatic rings. The third-order valence-electron chi connectivity index (χ3n) is 2.53. The zero-order valence-electron chi connectivity index (χ0n) is 11.0. The van der Waals surface area contributed by atoms with Crippen LogP contribution in [0.3, 0.4) is 0 Å². The van der Waals surface area contributed by atoms with Gasteiger partial charge in [0.05, 0.1) is 0 Å². The van der Waals surface area contributed by atoms with Gasteiger partial charge in [-0.1, -0.05) is 18.5 Å². The average Bonchev–Trinajstić information content (AvgIpc) is 2.37. The largest absolute Gasteiger partial charge is 0.340 e. The van der Waals surface area contributed by atoms with E-state index in [0.29, 0.717) is 28.2 Å². The highest BCUT2D eigenvalue weighted by Gasteiger charge is 2.05. The zero-order valence-corrected chi connectivity index (χ0v) is 11.7. The Morgan fingerprint density at radius 1 is 1.20 bits per heavy atom. The minimum Gasteiger partial charge on any atom is -0.340 e. The van der Waals surface area contributed by atoms with Crippen LogP contribution in [0, 0.1) is 5.82 Å². The lowest BCUT2D eigenvalue weighted by Gasteiger charge is -2.10. The smallest absolute Gasteiger partial charge is 0.145 e. The topological polar surface area (TPSA) is 75.9 Å². The van der Waals surface area contributed by atoms with Gasteiger partial charge in [-0.2, -0.15) is 0 Å². The molecule has 0 aliphatic rings. The number of rotatable bonds is 5. The van der Waals surface area contributed by atoms with Gasteiger partial charge in [0.1, 0.15) is 23.3 Å². The first-order valence-electron chi connectivity index (χ1n) is 6.18. The molecule has 0 aliphatic carbocycles. The molecule has 2 rings (SSSR count). The third kappa shape index (κ3) is 3.79. The molecule has 1 aromatic heterocycles. The van der Waals surface area contributed by atoms with Crippen LogP contribution in [0.5, 0.6) is 0 Å². The van der Waals surface area contributed by atoms with Crippen LogP contribution >= 0.6 is 11.6 Å². The van der Waals surface area contributed by atoms with Gasteiger partial charge in [0.25, 0.3) is 0 Å². The molecule has 0 fully saturated rings. The predicted octanol–water partition coefficient (Wildman–Crippen LogP) is 3.25. The first-order chi connectivity index (χ1) is 9.60. The van der Waals surface area contributed by atoms with Gasteiger partial charge >= 0.3 is 0 Å². The first kappa shape index (κ1) is 14.5. The molecule has 0 radical (unpaired) electrons. The number of nitrogens with zero attached hydrogens (tertiary/aromatic N) is 2. The summed E-state index contributed by atoms with van der Waals surface area (Å²) in [5.74, 6) is 6.64. The SMILES string of the molecule is CCCc1nc(NN)cc(Nc2cc(F)cc(Cl)c2)n1. The number of aromatic nitrogens is 2. The fraction of sp³-hybridized carbons (Fsp3) is 0.231. The number of benzene rings is 1. The second-order valence-corrected chi connectivity index (χ2v) is 4.67. The van der Waals surface area contributed by atoms with Gasteiger partial charge in [-0.3, -0.25) is 0 Å². The highest BCUT2D eigenvalue weighted by Crippen LogP contribution is 2.22. The molecule has 0 aliphatic heterocycles. The van der Waals surface area contributed by atoms with Crippen molar-refractivity contribution in [1.82, 2.24) is 9.97 Å². The molecule has 20 heavy (non-hydrogen) atoms. The van der Waals surface area contributed by atoms with Gasteiger partial charge in [-0.05, 0) is 24.6 Å². The summed E-state index contributed by atoms with van der Waals surface area (Å²) in [5, 5.41) is 3.30. The summed E-state index contributed by atoms with van der Waals surface area (Å²) >= 11 is 5.81. The number of hydrazine groups is 1. The maximum atomic E-state index is 13.3. The summed E-state index contributed by atoms with van der Waals surface area (Å²) in [6.07, 6.45) is 1.65. The highest BCUT2D eigenvalue weighted by molar-refractivity contribution is 6.30. The molecule has 7 heteroatoms. The van der Waals surface area contributed by atoms with Crippen molar-refractivity contribution in [1.29, 1.82) is 0 Å². The molecule has 0 bridgehead atoms. The molecule has 0 spiro atoms. The second-order valence-electron chi connectivity index (χ2n) is 4.23. The van der Waals surface area contributed by atoms with Crippen molar-refractivity contribution in [2.75, 3.05) is 10.7 Å². The van der Waals surface area contributed by atoms with Crippen LogP contribution in [0.15, 0.2) is 24.3 Å². The summed E-state index contributed by atoms with van der Waals surface area (Å²) < 4.78 is 13.3. The molecule has 1 heterocycles. The Morgan fingerprint density at radius 2 is 1.95 bits per heavy atom. The van der Waals surface area contributed by atoms with Crippen molar-refractivity contribution in [3.63, 3.8) is 0 Å². The van der Waals surface area contributed by atoms with E-state index < -0.39 is 5.82 Å². The molecule has 1 aromatic carbocycles. The molecule has 0 amide bonds. The van der Waals surface area contributed by atoms with Crippen LogP contribution < -0.4 is 16.6 Å². The van der Waals surface area contributed by atoms with E-state index in [0.717, 1.165) is 12.8 Å². The minimum atomic E-state index is -0.417. The standard InChI is InChI=1S/C13H15ClFN5/c1-2-3-11-18-12(7-13(19-11)20-16)17-10-5-8(14)4-9(15)6-10/h4-7H,2-3,16H2,1H3,(H2,17,18,19,20). The van der Waals surface area contributed by atoms with Crippen LogP contribution in [0.25, 0.3) is 0 Å². The molecular weight excluding hydrogens is 281 g/mol. The van der Waals surface area contributed by atoms with Gasteiger partial charge in [0.2, 0.25) is 0 Å². The Kier molecular flexibility index (Phi) is 4.70. The second kappa shape index (κ2) is 6.49. The Morgan fingerprint density at radius 3 is 2.60 bits per heavy atom. The van der Waals surface area contributed by atoms with E-state index in [1.54, 1.807) is 12.1 Å². The van der Waals surface area contributed by atoms with Crippen LogP contribution in [-0.4, -0.2) is 9.97 Å². The Bertz CT molecular complexity index is 585. The minimum absolute atomic E-state index is 0.313. The summed E-state index contributed by atoms with van der Waals surface area (Å²) in [5.41, 5.74) is 3.00. The average molecular weight is 296 g/mol. The Balaban J connectivity index is 2.29. The van der Waals surface area contributed by atoms with Crippen molar-refractivity contribution in [3.8, 4) is 0 Å². The number of hydrogen-bond acceptors (Lipinski definition) is 5. The molecule has 106 valence electrons. The van der Waals surface area contributed by atoms with Crippen LogP contribution in [-0.2, 0) is 6.42 Å². The van der Waals surface area contributed by atoms with Gasteiger partial charge in [0.15, 0.2) is 0 Å². The summed E-state index contributed by atoms with van der Waals surface area (Å²) in [6, 6.07) is 5.82. The quantitative estimate of drug-likeness (QED) is 0.583. The van der Waals surface area contributed by atoms with E-state index in [4.69, 9.17) is 17.4 Å². The maximum Gasteiger partial charge on any atom is 0.145 e. The zero-order chi connectivity index (χ0) is 14.5. The summed E-state index contributed by atoms with van der Waals surface area (Å²) in [7, 11) is 0. The third-order valence-corrected chi connectivity index (χ3v) is 2.75. The normalized spacial score (nSPS) is 10.4. The lowest BCUT2D eigenvalue weighted by Crippen LogP contribution is -2.11. The van der Waals surface area contributed by atoms with Gasteiger partial charge < -0.3 is 10.7 Å². The molecular formula is C13H15ClFN5. The monoisotopic (exact) mass is 295 g/mol. The molecule has 0 saturated carbocycles. The first-order valence-corrected chi connectivity index (χ1v) is 6.56. The number of hydrogen-bond donors (Lipinski definition) is 3. The van der Waals surface area contributed by atoms with Crippen LogP contribution in [0.2, 0.25) is 5.02 Å². The molecule has 5 nitrogen and oxygen atoms in total. The molecule has 0 atom stereocenters. The van der Waals surface area contributed by atoms with Crippen molar-refractivity contribution >= 4 is 28.9 Å². The van der Waals surface area contributed by atoms with Gasteiger partial charge in [0, 0.05) is 23.2 Å². The van der Waals surface area contributed by atoms with E-state index in [-0.39, 0.29) is 0 Å². The number of nitrogen functional groups attached to an aromatic ring is 1. The van der Waals surface area contributed by atoms with Crippen molar-refractivity contribution in [3.05, 3.63) is 40.9 Å². The fourth-order valence-corrected chi connectivity index (χ4v) is 1.97. The highest BCUT2D eigenvalue weighted by atomic mass is 35.5. The summed E-state index contributed by atoms with van der Waals surface area (Å²) in [4.78, 5) is 8.57. The number of halogens is 2. The Labute approximate surface area is 121 Å². The van der Waals surface area contributed by atoms with Gasteiger partial charge in [-0.25, -0.2) is 20.2 Å². The van der Waals surface area contributed by atoms with E-state index in [2.05, 4.69) is 20.7 Å². The molecule has 4 N–H and O–H groups in total. The van der Waals surface area contributed by atoms with Crippen molar-refractivity contribution < 1.29 is 4.39 Å². The van der Waals surface area contributed by atoms with Crippen molar-refractivity contribution in [2.45, 2.75) is 19.8 Å². The number of anilines is 3. The van der Waals surface area contributed by atoms with E-state index in [9.17, 15) is 4.39 Å². The van der Waals surface area contributed by atoms with Crippen LogP contribution in [0.1, 0.15) is 19.2 Å². The maximum absolute atomic E-state index is 13.3. The number of nitrogens with two attached hydrogens (primary N) is 1. The van der Waals surface area contributed by atoms with Crippen molar-refractivity contribution in [2.24, 2.45) is 5.84 Å². The molecule has 0 saturated heterocycles. The van der Waals surface area contributed by atoms with Crippen LogP contribution in [0.4, 0.5) is 21.7 Å². The fourth-order valence-electron chi connectivity index (χ4n) is 1.74. The van der Waals surface area contributed by atoms with E-state index in [1.807, 2.05) is 6.92 Å². The van der Waals surface area contributed by atoms with Gasteiger partial charge in [-0.15, -0.1) is 0 Å². The predicted molar refractivity (Wildman–Crippen MR) is 78.5 cm³/mol. The van der Waals surface area contributed by atoms with E-state index >= 15 is 0 Å². The molecule has 0 unspecified atom stereocenters. The lowest BCUT2D eigenvalue weighted by molar-refractivity contribution is 0.628.